The molecule has 0 atom stereocenters. The van der Waals surface area contributed by atoms with Crippen molar-refractivity contribution in [2.24, 2.45) is 0 Å². The van der Waals surface area contributed by atoms with Crippen LogP contribution in [0.3, 0.4) is 0 Å². The number of benzene rings is 1. The Morgan fingerprint density at radius 1 is 1.44 bits per heavy atom. The van der Waals surface area contributed by atoms with Gasteiger partial charge in [0.15, 0.2) is 0 Å². The number of aryl methyl sites for hydroxylation is 1. The Labute approximate surface area is 95.5 Å². The molecule has 0 aliphatic heterocycles. The van der Waals surface area contributed by atoms with E-state index in [-0.39, 0.29) is 18.4 Å². The van der Waals surface area contributed by atoms with Gasteiger partial charge in [-0.15, -0.1) is 0 Å². The number of ether oxygens (including phenoxy) is 1. The van der Waals surface area contributed by atoms with Crippen LogP contribution in [0.1, 0.15) is 22.8 Å². The van der Waals surface area contributed by atoms with Gasteiger partial charge in [0, 0.05) is 0 Å². The molecule has 0 aliphatic rings. The number of carbonyl (C=O) groups is 1. The second-order valence-electron chi connectivity index (χ2n) is 3.84. The SMILES string of the molecule is CCc1cc(C(=O)OCN(C)C)ccc1O. The van der Waals surface area contributed by atoms with Crippen molar-refractivity contribution in [3.05, 3.63) is 29.3 Å². The van der Waals surface area contributed by atoms with Gasteiger partial charge in [-0.2, -0.15) is 0 Å². The Balaban J connectivity index is 2.76. The van der Waals surface area contributed by atoms with Crippen molar-refractivity contribution in [1.29, 1.82) is 0 Å². The maximum absolute atomic E-state index is 11.6. The molecule has 0 heterocycles. The third kappa shape index (κ3) is 3.24. The van der Waals surface area contributed by atoms with Crippen molar-refractivity contribution in [2.75, 3.05) is 20.8 Å². The molecular weight excluding hydrogens is 206 g/mol. The number of esters is 1. The number of carbonyl (C=O) groups excluding carboxylic acids is 1. The largest absolute Gasteiger partial charge is 0.508 e. The first-order valence-corrected chi connectivity index (χ1v) is 5.18. The highest BCUT2D eigenvalue weighted by Crippen LogP contribution is 2.19. The number of phenolic OH excluding ortho intramolecular Hbond substituents is 1. The van der Waals surface area contributed by atoms with Crippen LogP contribution in [-0.2, 0) is 11.2 Å². The van der Waals surface area contributed by atoms with Crippen molar-refractivity contribution in [3.8, 4) is 5.75 Å². The summed E-state index contributed by atoms with van der Waals surface area (Å²) < 4.78 is 5.03. The van der Waals surface area contributed by atoms with Crippen molar-refractivity contribution >= 4 is 5.97 Å². The summed E-state index contributed by atoms with van der Waals surface area (Å²) in [5.74, 6) is -0.157. The van der Waals surface area contributed by atoms with E-state index in [9.17, 15) is 9.90 Å². The molecule has 0 radical (unpaired) electrons. The standard InChI is InChI=1S/C12H17NO3/c1-4-9-7-10(5-6-11(9)14)12(15)16-8-13(2)3/h5-7,14H,4,8H2,1-3H3. The van der Waals surface area contributed by atoms with Crippen LogP contribution >= 0.6 is 0 Å². The van der Waals surface area contributed by atoms with Crippen LogP contribution in [0.4, 0.5) is 0 Å². The molecule has 0 saturated heterocycles. The third-order valence-corrected chi connectivity index (χ3v) is 2.15. The van der Waals surface area contributed by atoms with Gasteiger partial charge < -0.3 is 9.84 Å². The molecule has 0 spiro atoms. The van der Waals surface area contributed by atoms with Gasteiger partial charge in [0.25, 0.3) is 0 Å². The zero-order chi connectivity index (χ0) is 12.1. The highest BCUT2D eigenvalue weighted by atomic mass is 16.5. The minimum Gasteiger partial charge on any atom is -0.508 e. The summed E-state index contributed by atoms with van der Waals surface area (Å²) >= 11 is 0. The molecule has 16 heavy (non-hydrogen) atoms. The van der Waals surface area contributed by atoms with Gasteiger partial charge in [-0.1, -0.05) is 6.92 Å². The number of phenols is 1. The Morgan fingerprint density at radius 3 is 2.69 bits per heavy atom. The first-order chi connectivity index (χ1) is 7.54. The van der Waals surface area contributed by atoms with Crippen LogP contribution in [0.2, 0.25) is 0 Å². The highest BCUT2D eigenvalue weighted by molar-refractivity contribution is 5.89. The Morgan fingerprint density at radius 2 is 2.12 bits per heavy atom. The third-order valence-electron chi connectivity index (χ3n) is 2.15. The fraction of sp³-hybridized carbons (Fsp3) is 0.417. The number of nitrogens with zero attached hydrogens (tertiary/aromatic N) is 1. The fourth-order valence-corrected chi connectivity index (χ4v) is 1.27. The lowest BCUT2D eigenvalue weighted by atomic mass is 10.1. The maximum Gasteiger partial charge on any atom is 0.339 e. The summed E-state index contributed by atoms with van der Waals surface area (Å²) in [6.45, 7) is 2.17. The lowest BCUT2D eigenvalue weighted by molar-refractivity contribution is 0.0319. The van der Waals surface area contributed by atoms with E-state index in [4.69, 9.17) is 4.74 Å². The van der Waals surface area contributed by atoms with Gasteiger partial charge in [-0.3, -0.25) is 4.90 Å². The lowest BCUT2D eigenvalue weighted by Crippen LogP contribution is -2.19. The molecule has 0 fully saturated rings. The molecule has 0 amide bonds. The predicted octanol–water partition coefficient (Wildman–Crippen LogP) is 1.63. The number of rotatable bonds is 4. The number of aromatic hydroxyl groups is 1. The zero-order valence-electron chi connectivity index (χ0n) is 9.86. The van der Waals surface area contributed by atoms with E-state index >= 15 is 0 Å². The van der Waals surface area contributed by atoms with Crippen LogP contribution in [0.25, 0.3) is 0 Å². The quantitative estimate of drug-likeness (QED) is 0.622. The van der Waals surface area contributed by atoms with Crippen molar-refractivity contribution < 1.29 is 14.6 Å². The van der Waals surface area contributed by atoms with Gasteiger partial charge in [0.1, 0.15) is 12.5 Å². The molecule has 0 bridgehead atoms. The molecular formula is C12H17NO3. The van der Waals surface area contributed by atoms with Gasteiger partial charge in [0.05, 0.1) is 5.56 Å². The zero-order valence-corrected chi connectivity index (χ0v) is 9.86. The average Bonchev–Trinajstić information content (AvgIpc) is 2.26. The maximum atomic E-state index is 11.6. The molecule has 0 unspecified atom stereocenters. The van der Waals surface area contributed by atoms with E-state index < -0.39 is 0 Å². The van der Waals surface area contributed by atoms with Gasteiger partial charge in [-0.25, -0.2) is 4.79 Å². The van der Waals surface area contributed by atoms with E-state index in [0.717, 1.165) is 5.56 Å². The van der Waals surface area contributed by atoms with Gasteiger partial charge >= 0.3 is 5.97 Å². The lowest BCUT2D eigenvalue weighted by Gasteiger charge is -2.11. The second kappa shape index (κ2) is 5.51. The summed E-state index contributed by atoms with van der Waals surface area (Å²) in [6, 6.07) is 4.74. The average molecular weight is 223 g/mol. The molecule has 4 nitrogen and oxygen atoms in total. The molecule has 0 saturated carbocycles. The number of hydrogen-bond acceptors (Lipinski definition) is 4. The normalized spacial score (nSPS) is 10.5. The van der Waals surface area contributed by atoms with Crippen molar-refractivity contribution in [3.63, 3.8) is 0 Å². The predicted molar refractivity (Wildman–Crippen MR) is 61.5 cm³/mol. The molecule has 1 aromatic carbocycles. The Kier molecular flexibility index (Phi) is 4.31. The van der Waals surface area contributed by atoms with E-state index in [1.54, 1.807) is 17.0 Å². The minimum absolute atomic E-state index is 0.214. The number of hydrogen-bond donors (Lipinski definition) is 1. The summed E-state index contributed by atoms with van der Waals surface area (Å²) in [5, 5.41) is 9.47. The topological polar surface area (TPSA) is 49.8 Å². The van der Waals surface area contributed by atoms with Crippen LogP contribution in [0, 0.1) is 0 Å². The molecule has 1 N–H and O–H groups in total. The van der Waals surface area contributed by atoms with Crippen LogP contribution in [-0.4, -0.2) is 36.8 Å². The monoisotopic (exact) mass is 223 g/mol. The summed E-state index contributed by atoms with van der Waals surface area (Å²) in [5.41, 5.74) is 1.22. The molecule has 1 rings (SSSR count). The van der Waals surface area contributed by atoms with E-state index in [2.05, 4.69) is 0 Å². The second-order valence-corrected chi connectivity index (χ2v) is 3.84. The van der Waals surface area contributed by atoms with E-state index in [0.29, 0.717) is 12.0 Å². The van der Waals surface area contributed by atoms with Crippen LogP contribution in [0.15, 0.2) is 18.2 Å². The van der Waals surface area contributed by atoms with Crippen molar-refractivity contribution in [1.82, 2.24) is 4.90 Å². The fourth-order valence-electron chi connectivity index (χ4n) is 1.27. The first-order valence-electron chi connectivity index (χ1n) is 5.18. The summed E-state index contributed by atoms with van der Waals surface area (Å²) in [6.07, 6.45) is 0.681. The van der Waals surface area contributed by atoms with Gasteiger partial charge in [-0.05, 0) is 44.3 Å². The molecule has 0 aromatic heterocycles. The Bertz CT molecular complexity index is 375. The van der Waals surface area contributed by atoms with Crippen molar-refractivity contribution in [2.45, 2.75) is 13.3 Å². The molecule has 0 aliphatic carbocycles. The smallest absolute Gasteiger partial charge is 0.339 e. The summed E-state index contributed by atoms with van der Waals surface area (Å²) in [4.78, 5) is 13.4. The minimum atomic E-state index is -0.372. The molecule has 1 aromatic rings. The Hall–Kier alpha value is -1.55. The van der Waals surface area contributed by atoms with Crippen LogP contribution in [0.5, 0.6) is 5.75 Å². The van der Waals surface area contributed by atoms with E-state index in [1.807, 2.05) is 21.0 Å². The van der Waals surface area contributed by atoms with E-state index in [1.165, 1.54) is 6.07 Å². The first kappa shape index (κ1) is 12.5. The van der Waals surface area contributed by atoms with Crippen LogP contribution < -0.4 is 0 Å². The molecule has 88 valence electrons. The highest BCUT2D eigenvalue weighted by Gasteiger charge is 2.09. The summed E-state index contributed by atoms with van der Waals surface area (Å²) in [7, 11) is 3.64. The molecule has 4 heteroatoms. The van der Waals surface area contributed by atoms with Gasteiger partial charge in [0.2, 0.25) is 0 Å².